The molecule has 3 aromatic rings. The first kappa shape index (κ1) is 16.7. The molecular formula is C22H25N3O. The third-order valence-corrected chi connectivity index (χ3v) is 4.69. The first-order valence-corrected chi connectivity index (χ1v) is 9.16. The summed E-state index contributed by atoms with van der Waals surface area (Å²) in [5.41, 5.74) is 4.79. The summed E-state index contributed by atoms with van der Waals surface area (Å²) in [5, 5.41) is 8.40. The van der Waals surface area contributed by atoms with Gasteiger partial charge in [-0.1, -0.05) is 51.1 Å². The molecule has 26 heavy (non-hydrogen) atoms. The summed E-state index contributed by atoms with van der Waals surface area (Å²) in [6.45, 7) is 8.22. The molecule has 1 aromatic heterocycles. The molecule has 4 rings (SSSR count). The Labute approximate surface area is 154 Å². The fourth-order valence-corrected chi connectivity index (χ4v) is 3.39. The molecule has 4 heteroatoms. The Kier molecular flexibility index (Phi) is 4.19. The van der Waals surface area contributed by atoms with Crippen molar-refractivity contribution in [2.24, 2.45) is 0 Å². The van der Waals surface area contributed by atoms with E-state index in [1.807, 2.05) is 35.0 Å². The third-order valence-electron chi connectivity index (χ3n) is 4.69. The van der Waals surface area contributed by atoms with Crippen molar-refractivity contribution >= 4 is 5.82 Å². The number of aromatic nitrogens is 2. The van der Waals surface area contributed by atoms with Crippen molar-refractivity contribution < 1.29 is 4.74 Å². The van der Waals surface area contributed by atoms with Gasteiger partial charge >= 0.3 is 0 Å². The highest BCUT2D eigenvalue weighted by molar-refractivity contribution is 5.58. The minimum Gasteiger partial charge on any atom is -0.489 e. The Hall–Kier alpha value is -2.75. The van der Waals surface area contributed by atoms with Crippen molar-refractivity contribution in [2.45, 2.75) is 39.2 Å². The van der Waals surface area contributed by atoms with Crippen LogP contribution in [0.5, 0.6) is 5.75 Å². The first-order chi connectivity index (χ1) is 12.5. The van der Waals surface area contributed by atoms with Crippen molar-refractivity contribution in [2.75, 3.05) is 11.9 Å². The average molecular weight is 347 g/mol. The van der Waals surface area contributed by atoms with Gasteiger partial charge in [0.2, 0.25) is 0 Å². The van der Waals surface area contributed by atoms with Gasteiger partial charge in [-0.15, -0.1) is 0 Å². The Morgan fingerprint density at radius 3 is 2.46 bits per heavy atom. The molecule has 2 aromatic carbocycles. The molecular weight excluding hydrogens is 322 g/mol. The lowest BCUT2D eigenvalue weighted by Crippen LogP contribution is -2.15. The van der Waals surface area contributed by atoms with Crippen molar-refractivity contribution in [1.29, 1.82) is 0 Å². The van der Waals surface area contributed by atoms with E-state index in [0.29, 0.717) is 6.61 Å². The van der Waals surface area contributed by atoms with Crippen LogP contribution < -0.4 is 10.1 Å². The van der Waals surface area contributed by atoms with Crippen LogP contribution >= 0.6 is 0 Å². The summed E-state index contributed by atoms with van der Waals surface area (Å²) in [6.07, 6.45) is 1.04. The highest BCUT2D eigenvalue weighted by atomic mass is 16.5. The van der Waals surface area contributed by atoms with Crippen molar-refractivity contribution in [3.05, 3.63) is 71.4 Å². The van der Waals surface area contributed by atoms with Gasteiger partial charge < -0.3 is 10.1 Å². The monoisotopic (exact) mass is 347 g/mol. The molecule has 1 N–H and O–H groups in total. The molecule has 0 amide bonds. The van der Waals surface area contributed by atoms with E-state index in [2.05, 4.69) is 50.4 Å². The highest BCUT2D eigenvalue weighted by Crippen LogP contribution is 2.35. The fraction of sp³-hybridized carbons (Fsp3) is 0.318. The van der Waals surface area contributed by atoms with Gasteiger partial charge in [0.15, 0.2) is 0 Å². The maximum Gasteiger partial charge on any atom is 0.133 e. The summed E-state index contributed by atoms with van der Waals surface area (Å²) in [4.78, 5) is 0. The number of benzene rings is 2. The van der Waals surface area contributed by atoms with E-state index in [9.17, 15) is 0 Å². The van der Waals surface area contributed by atoms with Gasteiger partial charge in [-0.3, -0.25) is 0 Å². The smallest absolute Gasteiger partial charge is 0.133 e. The second kappa shape index (κ2) is 6.52. The zero-order valence-corrected chi connectivity index (χ0v) is 15.6. The lowest BCUT2D eigenvalue weighted by Gasteiger charge is -2.16. The maximum absolute atomic E-state index is 5.89. The summed E-state index contributed by atoms with van der Waals surface area (Å²) < 4.78 is 7.92. The van der Waals surface area contributed by atoms with Crippen LogP contribution in [0.25, 0.3) is 5.69 Å². The minimum atomic E-state index is 0.0418. The molecule has 0 unspecified atom stereocenters. The summed E-state index contributed by atoms with van der Waals surface area (Å²) in [6, 6.07) is 18.4. The van der Waals surface area contributed by atoms with Crippen molar-refractivity contribution in [3.8, 4) is 11.4 Å². The lowest BCUT2D eigenvalue weighted by molar-refractivity contribution is 0.306. The number of anilines is 1. The number of rotatable bonds is 4. The fourth-order valence-electron chi connectivity index (χ4n) is 3.39. The molecule has 134 valence electrons. The van der Waals surface area contributed by atoms with E-state index in [0.717, 1.165) is 30.2 Å². The Morgan fingerprint density at radius 2 is 1.77 bits per heavy atom. The van der Waals surface area contributed by atoms with Crippen LogP contribution in [0.3, 0.4) is 0 Å². The zero-order chi connectivity index (χ0) is 18.1. The molecule has 0 aliphatic carbocycles. The number of hydrogen-bond donors (Lipinski definition) is 1. The molecule has 2 heterocycles. The van der Waals surface area contributed by atoms with Gasteiger partial charge in [0.05, 0.1) is 11.4 Å². The molecule has 0 atom stereocenters. The van der Waals surface area contributed by atoms with E-state index in [4.69, 9.17) is 9.84 Å². The van der Waals surface area contributed by atoms with Gasteiger partial charge in [0.25, 0.3) is 0 Å². The number of fused-ring (bicyclic) bond motifs is 1. The SMILES string of the molecule is CC(C)(C)c1nn(-c2ccc(OCc3ccccc3)cc2)c2c1CCN2. The molecule has 0 bridgehead atoms. The Morgan fingerprint density at radius 1 is 1.04 bits per heavy atom. The normalized spacial score (nSPS) is 13.3. The van der Waals surface area contributed by atoms with Crippen LogP contribution in [0.15, 0.2) is 54.6 Å². The first-order valence-electron chi connectivity index (χ1n) is 9.16. The van der Waals surface area contributed by atoms with E-state index in [-0.39, 0.29) is 5.41 Å². The molecule has 0 radical (unpaired) electrons. The molecule has 1 aliphatic rings. The quantitative estimate of drug-likeness (QED) is 0.742. The summed E-state index contributed by atoms with van der Waals surface area (Å²) >= 11 is 0. The van der Waals surface area contributed by atoms with Gasteiger partial charge in [-0.25, -0.2) is 4.68 Å². The topological polar surface area (TPSA) is 39.1 Å². The van der Waals surface area contributed by atoms with Crippen molar-refractivity contribution in [1.82, 2.24) is 9.78 Å². The summed E-state index contributed by atoms with van der Waals surface area (Å²) in [5.74, 6) is 2.00. The van der Waals surface area contributed by atoms with E-state index in [1.165, 1.54) is 16.8 Å². The number of ether oxygens (including phenoxy) is 1. The Balaban J connectivity index is 1.56. The van der Waals surface area contributed by atoms with Crippen LogP contribution in [0, 0.1) is 0 Å². The second-order valence-electron chi connectivity index (χ2n) is 7.78. The molecule has 1 aliphatic heterocycles. The third kappa shape index (κ3) is 3.19. The molecule has 0 saturated carbocycles. The zero-order valence-electron chi connectivity index (χ0n) is 15.6. The van der Waals surface area contributed by atoms with Gasteiger partial charge in [0, 0.05) is 17.5 Å². The predicted molar refractivity (Wildman–Crippen MR) is 105 cm³/mol. The van der Waals surface area contributed by atoms with Crippen LogP contribution in [-0.4, -0.2) is 16.3 Å². The molecule has 0 fully saturated rings. The molecule has 0 spiro atoms. The Bertz CT molecular complexity index is 890. The highest BCUT2D eigenvalue weighted by Gasteiger charge is 2.29. The van der Waals surface area contributed by atoms with Gasteiger partial charge in [-0.05, 0) is 36.2 Å². The predicted octanol–water partition coefficient (Wildman–Crippen LogP) is 4.72. The van der Waals surface area contributed by atoms with E-state index in [1.54, 1.807) is 0 Å². The number of hydrogen-bond acceptors (Lipinski definition) is 3. The number of nitrogens with zero attached hydrogens (tertiary/aromatic N) is 2. The average Bonchev–Trinajstić information content (AvgIpc) is 3.23. The minimum absolute atomic E-state index is 0.0418. The molecule has 0 saturated heterocycles. The van der Waals surface area contributed by atoms with Crippen LogP contribution in [0.2, 0.25) is 0 Å². The van der Waals surface area contributed by atoms with E-state index >= 15 is 0 Å². The lowest BCUT2D eigenvalue weighted by atomic mass is 9.89. The van der Waals surface area contributed by atoms with Crippen LogP contribution in [0.1, 0.15) is 37.6 Å². The number of nitrogens with one attached hydrogen (secondary N) is 1. The van der Waals surface area contributed by atoms with Gasteiger partial charge in [0.1, 0.15) is 18.2 Å². The van der Waals surface area contributed by atoms with Gasteiger partial charge in [-0.2, -0.15) is 5.10 Å². The second-order valence-corrected chi connectivity index (χ2v) is 7.78. The van der Waals surface area contributed by atoms with Crippen molar-refractivity contribution in [3.63, 3.8) is 0 Å². The largest absolute Gasteiger partial charge is 0.489 e. The van der Waals surface area contributed by atoms with Crippen LogP contribution in [-0.2, 0) is 18.4 Å². The standard InChI is InChI=1S/C22H25N3O/c1-22(2,3)20-19-13-14-23-21(19)25(24-20)17-9-11-18(12-10-17)26-15-16-7-5-4-6-8-16/h4-12,23H,13-15H2,1-3H3. The molecule has 4 nitrogen and oxygen atoms in total. The van der Waals surface area contributed by atoms with Crippen LogP contribution in [0.4, 0.5) is 5.82 Å². The van der Waals surface area contributed by atoms with E-state index < -0.39 is 0 Å². The summed E-state index contributed by atoms with van der Waals surface area (Å²) in [7, 11) is 0. The maximum atomic E-state index is 5.89.